The number of carbonyl (C=O) groups is 1. The Morgan fingerprint density at radius 2 is 1.96 bits per heavy atom. The zero-order valence-electron chi connectivity index (χ0n) is 14.2. The van der Waals surface area contributed by atoms with Crippen LogP contribution in [-0.4, -0.2) is 53.5 Å². The molecular formula is C18H23N5O. The minimum absolute atomic E-state index is 0.0386. The average Bonchev–Trinajstić information content (AvgIpc) is 2.60. The quantitative estimate of drug-likeness (QED) is 0.930. The molecule has 1 amide bonds. The van der Waals surface area contributed by atoms with Crippen LogP contribution in [0.1, 0.15) is 11.1 Å². The largest absolute Gasteiger partial charge is 0.353 e. The van der Waals surface area contributed by atoms with E-state index in [1.165, 1.54) is 5.56 Å². The highest BCUT2D eigenvalue weighted by Gasteiger charge is 2.20. The summed E-state index contributed by atoms with van der Waals surface area (Å²) >= 11 is 0. The summed E-state index contributed by atoms with van der Waals surface area (Å²) in [5.41, 5.74) is 3.21. The SMILES string of the molecule is Cc1cccc(NC(=O)CN2CCN(c3cnccn3)CC2)c1C. The molecule has 2 aromatic rings. The standard InChI is InChI=1S/C18H23N5O/c1-14-4-3-5-16(15(14)2)21-18(24)13-22-8-10-23(11-9-22)17-12-19-6-7-20-17/h3-7,12H,8-11,13H2,1-2H3,(H,21,24). The third-order valence-electron chi connectivity index (χ3n) is 4.49. The van der Waals surface area contributed by atoms with Gasteiger partial charge in [-0.2, -0.15) is 0 Å². The van der Waals surface area contributed by atoms with Crippen molar-refractivity contribution in [3.05, 3.63) is 47.9 Å². The minimum atomic E-state index is 0.0386. The lowest BCUT2D eigenvalue weighted by atomic mass is 10.1. The fourth-order valence-corrected chi connectivity index (χ4v) is 2.87. The first-order valence-electron chi connectivity index (χ1n) is 8.23. The van der Waals surface area contributed by atoms with Crippen molar-refractivity contribution in [3.63, 3.8) is 0 Å². The molecule has 0 saturated carbocycles. The second-order valence-electron chi connectivity index (χ2n) is 6.12. The van der Waals surface area contributed by atoms with Gasteiger partial charge in [0.05, 0.1) is 12.7 Å². The van der Waals surface area contributed by atoms with Gasteiger partial charge in [-0.1, -0.05) is 12.1 Å². The van der Waals surface area contributed by atoms with Crippen molar-refractivity contribution >= 4 is 17.4 Å². The summed E-state index contributed by atoms with van der Waals surface area (Å²) < 4.78 is 0. The van der Waals surface area contributed by atoms with E-state index in [4.69, 9.17) is 0 Å². The van der Waals surface area contributed by atoms with Gasteiger partial charge in [0.2, 0.25) is 5.91 Å². The molecule has 1 aliphatic rings. The van der Waals surface area contributed by atoms with E-state index in [0.717, 1.165) is 43.2 Å². The Labute approximate surface area is 142 Å². The zero-order valence-corrected chi connectivity index (χ0v) is 14.2. The van der Waals surface area contributed by atoms with Gasteiger partial charge in [-0.05, 0) is 31.0 Å². The van der Waals surface area contributed by atoms with Gasteiger partial charge < -0.3 is 10.2 Å². The number of aromatic nitrogens is 2. The maximum Gasteiger partial charge on any atom is 0.238 e. The highest BCUT2D eigenvalue weighted by molar-refractivity contribution is 5.93. The third kappa shape index (κ3) is 3.89. The van der Waals surface area contributed by atoms with Crippen LogP contribution < -0.4 is 10.2 Å². The van der Waals surface area contributed by atoms with Crippen LogP contribution in [0.4, 0.5) is 11.5 Å². The summed E-state index contributed by atoms with van der Waals surface area (Å²) in [6.45, 7) is 7.90. The number of aryl methyl sites for hydroxylation is 1. The number of nitrogens with one attached hydrogen (secondary N) is 1. The minimum Gasteiger partial charge on any atom is -0.353 e. The summed E-state index contributed by atoms with van der Waals surface area (Å²) in [7, 11) is 0. The number of hydrogen-bond donors (Lipinski definition) is 1. The Morgan fingerprint density at radius 3 is 2.67 bits per heavy atom. The first kappa shape index (κ1) is 16.4. The molecule has 0 atom stereocenters. The molecule has 24 heavy (non-hydrogen) atoms. The molecule has 3 rings (SSSR count). The fourth-order valence-electron chi connectivity index (χ4n) is 2.87. The molecule has 1 aliphatic heterocycles. The van der Waals surface area contributed by atoms with E-state index in [2.05, 4.69) is 38.1 Å². The van der Waals surface area contributed by atoms with Crippen LogP contribution in [0.5, 0.6) is 0 Å². The molecule has 0 radical (unpaired) electrons. The fraction of sp³-hybridized carbons (Fsp3) is 0.389. The second-order valence-corrected chi connectivity index (χ2v) is 6.12. The normalized spacial score (nSPS) is 15.3. The average molecular weight is 325 g/mol. The highest BCUT2D eigenvalue weighted by atomic mass is 16.2. The van der Waals surface area contributed by atoms with Gasteiger partial charge in [0.15, 0.2) is 0 Å². The van der Waals surface area contributed by atoms with Gasteiger partial charge in [-0.25, -0.2) is 4.98 Å². The van der Waals surface area contributed by atoms with Crippen LogP contribution in [0.2, 0.25) is 0 Å². The van der Waals surface area contributed by atoms with Crippen LogP contribution in [0, 0.1) is 13.8 Å². The number of piperazine rings is 1. The predicted octanol–water partition coefficient (Wildman–Crippen LogP) is 1.85. The van der Waals surface area contributed by atoms with Crippen molar-refractivity contribution in [1.82, 2.24) is 14.9 Å². The molecule has 126 valence electrons. The molecule has 0 bridgehead atoms. The first-order chi connectivity index (χ1) is 11.6. The zero-order chi connectivity index (χ0) is 16.9. The van der Waals surface area contributed by atoms with E-state index in [0.29, 0.717) is 6.54 Å². The number of rotatable bonds is 4. The van der Waals surface area contributed by atoms with Crippen molar-refractivity contribution in [2.24, 2.45) is 0 Å². The van der Waals surface area contributed by atoms with E-state index >= 15 is 0 Å². The van der Waals surface area contributed by atoms with E-state index in [1.54, 1.807) is 18.6 Å². The van der Waals surface area contributed by atoms with Crippen LogP contribution in [-0.2, 0) is 4.79 Å². The molecule has 1 aromatic carbocycles. The molecular weight excluding hydrogens is 302 g/mol. The Balaban J connectivity index is 1.51. The Hall–Kier alpha value is -2.47. The third-order valence-corrected chi connectivity index (χ3v) is 4.49. The maximum absolute atomic E-state index is 12.3. The first-order valence-corrected chi connectivity index (χ1v) is 8.23. The molecule has 0 aliphatic carbocycles. The molecule has 0 unspecified atom stereocenters. The molecule has 1 N–H and O–H groups in total. The van der Waals surface area contributed by atoms with E-state index in [1.807, 2.05) is 19.1 Å². The summed E-state index contributed by atoms with van der Waals surface area (Å²) in [5, 5.41) is 3.02. The van der Waals surface area contributed by atoms with E-state index < -0.39 is 0 Å². The Morgan fingerprint density at radius 1 is 1.17 bits per heavy atom. The summed E-state index contributed by atoms with van der Waals surface area (Å²) in [5.74, 6) is 0.939. The molecule has 6 nitrogen and oxygen atoms in total. The van der Waals surface area contributed by atoms with Crippen LogP contribution in [0.15, 0.2) is 36.8 Å². The van der Waals surface area contributed by atoms with E-state index in [9.17, 15) is 4.79 Å². The van der Waals surface area contributed by atoms with Gasteiger partial charge in [-0.3, -0.25) is 14.7 Å². The number of anilines is 2. The monoisotopic (exact) mass is 325 g/mol. The Kier molecular flexibility index (Phi) is 5.05. The number of carbonyl (C=O) groups excluding carboxylic acids is 1. The smallest absolute Gasteiger partial charge is 0.238 e. The Bertz CT molecular complexity index is 696. The van der Waals surface area contributed by atoms with Crippen molar-refractivity contribution < 1.29 is 4.79 Å². The lowest BCUT2D eigenvalue weighted by molar-refractivity contribution is -0.117. The highest BCUT2D eigenvalue weighted by Crippen LogP contribution is 2.18. The molecule has 1 aromatic heterocycles. The second kappa shape index (κ2) is 7.40. The van der Waals surface area contributed by atoms with Crippen molar-refractivity contribution in [3.8, 4) is 0 Å². The van der Waals surface area contributed by atoms with Crippen molar-refractivity contribution in [2.75, 3.05) is 42.9 Å². The van der Waals surface area contributed by atoms with Crippen LogP contribution >= 0.6 is 0 Å². The maximum atomic E-state index is 12.3. The van der Waals surface area contributed by atoms with Gasteiger partial charge >= 0.3 is 0 Å². The summed E-state index contributed by atoms with van der Waals surface area (Å²) in [6.07, 6.45) is 5.17. The van der Waals surface area contributed by atoms with Crippen LogP contribution in [0.3, 0.4) is 0 Å². The predicted molar refractivity (Wildman–Crippen MR) is 95.2 cm³/mol. The number of hydrogen-bond acceptors (Lipinski definition) is 5. The van der Waals surface area contributed by atoms with Gasteiger partial charge in [-0.15, -0.1) is 0 Å². The lowest BCUT2D eigenvalue weighted by Crippen LogP contribution is -2.49. The summed E-state index contributed by atoms with van der Waals surface area (Å²) in [6, 6.07) is 5.97. The molecule has 2 heterocycles. The number of benzene rings is 1. The van der Waals surface area contributed by atoms with Crippen molar-refractivity contribution in [2.45, 2.75) is 13.8 Å². The topological polar surface area (TPSA) is 61.4 Å². The van der Waals surface area contributed by atoms with Gasteiger partial charge in [0.25, 0.3) is 0 Å². The lowest BCUT2D eigenvalue weighted by Gasteiger charge is -2.34. The molecule has 1 saturated heterocycles. The van der Waals surface area contributed by atoms with Gasteiger partial charge in [0.1, 0.15) is 5.82 Å². The van der Waals surface area contributed by atoms with Crippen LogP contribution in [0.25, 0.3) is 0 Å². The van der Waals surface area contributed by atoms with E-state index in [-0.39, 0.29) is 5.91 Å². The molecule has 6 heteroatoms. The molecule has 1 fully saturated rings. The molecule has 0 spiro atoms. The van der Waals surface area contributed by atoms with Crippen molar-refractivity contribution in [1.29, 1.82) is 0 Å². The number of amides is 1. The number of nitrogens with zero attached hydrogens (tertiary/aromatic N) is 4. The summed E-state index contributed by atoms with van der Waals surface area (Å²) in [4.78, 5) is 25.1. The van der Waals surface area contributed by atoms with Gasteiger partial charge in [0, 0.05) is 44.3 Å².